The van der Waals surface area contributed by atoms with Gasteiger partial charge in [-0.3, -0.25) is 0 Å². The Morgan fingerprint density at radius 2 is 1.67 bits per heavy atom. The molecule has 0 unspecified atom stereocenters. The van der Waals surface area contributed by atoms with E-state index in [0.29, 0.717) is 5.75 Å². The number of rotatable bonds is 1. The molecule has 0 fully saturated rings. The quantitative estimate of drug-likeness (QED) is 0.798. The normalized spacial score (nSPS) is 14.2. The van der Waals surface area contributed by atoms with Crippen molar-refractivity contribution in [2.24, 2.45) is 0 Å². The molecule has 2 heteroatoms. The van der Waals surface area contributed by atoms with Gasteiger partial charge in [-0.15, -0.1) is 0 Å². The Morgan fingerprint density at radius 3 is 2.50 bits per heavy atom. The number of fused-ring (bicyclic) bond motifs is 1. The zero-order valence-electron chi connectivity index (χ0n) is 10.2. The van der Waals surface area contributed by atoms with Crippen molar-refractivity contribution in [2.75, 3.05) is 0 Å². The molecule has 1 aliphatic rings. The van der Waals surface area contributed by atoms with Crippen molar-refractivity contribution in [2.45, 2.75) is 25.7 Å². The van der Waals surface area contributed by atoms with Crippen LogP contribution in [-0.4, -0.2) is 10.2 Å². The van der Waals surface area contributed by atoms with Gasteiger partial charge in [0.1, 0.15) is 11.5 Å². The van der Waals surface area contributed by atoms with Gasteiger partial charge in [-0.25, -0.2) is 0 Å². The molecule has 0 aliphatic heterocycles. The Labute approximate surface area is 107 Å². The molecule has 0 saturated heterocycles. The van der Waals surface area contributed by atoms with Gasteiger partial charge in [-0.05, 0) is 72.2 Å². The maximum atomic E-state index is 9.84. The molecular formula is C16H16O2. The summed E-state index contributed by atoms with van der Waals surface area (Å²) >= 11 is 0. The molecule has 2 aromatic rings. The SMILES string of the molecule is Oc1cccc(-c2cc(O)cc3c2CCCC3)c1. The number of phenols is 2. The van der Waals surface area contributed by atoms with Gasteiger partial charge in [0.15, 0.2) is 0 Å². The van der Waals surface area contributed by atoms with Crippen molar-refractivity contribution in [3.05, 3.63) is 47.5 Å². The fraction of sp³-hybridized carbons (Fsp3) is 0.250. The van der Waals surface area contributed by atoms with E-state index in [9.17, 15) is 10.2 Å². The molecule has 2 aromatic carbocycles. The number of hydrogen-bond donors (Lipinski definition) is 2. The van der Waals surface area contributed by atoms with E-state index in [0.717, 1.165) is 24.0 Å². The van der Waals surface area contributed by atoms with E-state index in [2.05, 4.69) is 0 Å². The first-order chi connectivity index (χ1) is 8.74. The summed E-state index contributed by atoms with van der Waals surface area (Å²) < 4.78 is 0. The van der Waals surface area contributed by atoms with Crippen molar-refractivity contribution in [3.63, 3.8) is 0 Å². The number of phenolic OH excluding ortho intramolecular Hbond substituents is 2. The number of aromatic hydroxyl groups is 2. The fourth-order valence-electron chi connectivity index (χ4n) is 2.78. The Balaban J connectivity index is 2.19. The highest BCUT2D eigenvalue weighted by Crippen LogP contribution is 2.35. The van der Waals surface area contributed by atoms with Gasteiger partial charge in [0.25, 0.3) is 0 Å². The monoisotopic (exact) mass is 240 g/mol. The third-order valence-corrected chi connectivity index (χ3v) is 3.61. The first kappa shape index (κ1) is 11.1. The second-order valence-corrected chi connectivity index (χ2v) is 4.89. The summed E-state index contributed by atoms with van der Waals surface area (Å²) in [5.41, 5.74) is 4.61. The summed E-state index contributed by atoms with van der Waals surface area (Å²) in [6.45, 7) is 0. The summed E-state index contributed by atoms with van der Waals surface area (Å²) in [5, 5.41) is 19.4. The van der Waals surface area contributed by atoms with Gasteiger partial charge in [0, 0.05) is 0 Å². The Bertz CT molecular complexity index is 588. The van der Waals surface area contributed by atoms with Crippen molar-refractivity contribution in [1.29, 1.82) is 0 Å². The summed E-state index contributed by atoms with van der Waals surface area (Å²) in [6.07, 6.45) is 4.48. The van der Waals surface area contributed by atoms with Crippen LogP contribution in [0.25, 0.3) is 11.1 Å². The lowest BCUT2D eigenvalue weighted by molar-refractivity contribution is 0.472. The highest BCUT2D eigenvalue weighted by molar-refractivity contribution is 5.72. The minimum Gasteiger partial charge on any atom is -0.508 e. The first-order valence-electron chi connectivity index (χ1n) is 6.38. The maximum absolute atomic E-state index is 9.84. The minimum atomic E-state index is 0.264. The molecule has 3 rings (SSSR count). The van der Waals surface area contributed by atoms with Crippen LogP contribution in [0.15, 0.2) is 36.4 Å². The summed E-state index contributed by atoms with van der Waals surface area (Å²) in [5.74, 6) is 0.578. The number of benzene rings is 2. The maximum Gasteiger partial charge on any atom is 0.116 e. The van der Waals surface area contributed by atoms with Crippen molar-refractivity contribution >= 4 is 0 Å². The molecule has 1 aliphatic carbocycles. The van der Waals surface area contributed by atoms with E-state index in [-0.39, 0.29) is 5.75 Å². The predicted molar refractivity (Wildman–Crippen MR) is 71.8 cm³/mol. The van der Waals surface area contributed by atoms with E-state index >= 15 is 0 Å². The average molecular weight is 240 g/mol. The first-order valence-corrected chi connectivity index (χ1v) is 6.38. The largest absolute Gasteiger partial charge is 0.508 e. The molecule has 0 spiro atoms. The predicted octanol–water partition coefficient (Wildman–Crippen LogP) is 3.64. The topological polar surface area (TPSA) is 40.5 Å². The van der Waals surface area contributed by atoms with E-state index in [1.165, 1.54) is 24.0 Å². The molecular weight excluding hydrogens is 224 g/mol. The van der Waals surface area contributed by atoms with E-state index in [4.69, 9.17) is 0 Å². The van der Waals surface area contributed by atoms with Crippen LogP contribution in [0.1, 0.15) is 24.0 Å². The van der Waals surface area contributed by atoms with Crippen LogP contribution in [0.5, 0.6) is 11.5 Å². The molecule has 0 atom stereocenters. The molecule has 2 N–H and O–H groups in total. The van der Waals surface area contributed by atoms with Gasteiger partial charge in [-0.1, -0.05) is 12.1 Å². The zero-order valence-corrected chi connectivity index (χ0v) is 10.2. The van der Waals surface area contributed by atoms with E-state index in [1.807, 2.05) is 18.2 Å². The molecule has 0 heterocycles. The molecule has 92 valence electrons. The summed E-state index contributed by atoms with van der Waals surface area (Å²) in [7, 11) is 0. The third kappa shape index (κ3) is 1.94. The minimum absolute atomic E-state index is 0.264. The van der Waals surface area contributed by atoms with Crippen LogP contribution >= 0.6 is 0 Å². The van der Waals surface area contributed by atoms with E-state index < -0.39 is 0 Å². The van der Waals surface area contributed by atoms with Gasteiger partial charge in [0.2, 0.25) is 0 Å². The van der Waals surface area contributed by atoms with Gasteiger partial charge < -0.3 is 10.2 Å². The molecule has 0 radical (unpaired) electrons. The summed E-state index contributed by atoms with van der Waals surface area (Å²) in [6, 6.07) is 10.9. The Kier molecular flexibility index (Phi) is 2.71. The second kappa shape index (κ2) is 4.37. The van der Waals surface area contributed by atoms with Crippen molar-refractivity contribution < 1.29 is 10.2 Å². The van der Waals surface area contributed by atoms with Gasteiger partial charge >= 0.3 is 0 Å². The Morgan fingerprint density at radius 1 is 0.833 bits per heavy atom. The van der Waals surface area contributed by atoms with Gasteiger partial charge in [-0.2, -0.15) is 0 Å². The highest BCUT2D eigenvalue weighted by Gasteiger charge is 2.15. The fourth-order valence-corrected chi connectivity index (χ4v) is 2.78. The van der Waals surface area contributed by atoms with Crippen LogP contribution in [0, 0.1) is 0 Å². The molecule has 0 amide bonds. The number of aryl methyl sites for hydroxylation is 1. The van der Waals surface area contributed by atoms with Gasteiger partial charge in [0.05, 0.1) is 0 Å². The van der Waals surface area contributed by atoms with Crippen LogP contribution in [0.4, 0.5) is 0 Å². The summed E-state index contributed by atoms with van der Waals surface area (Å²) in [4.78, 5) is 0. The molecule has 0 saturated carbocycles. The van der Waals surface area contributed by atoms with E-state index in [1.54, 1.807) is 18.2 Å². The van der Waals surface area contributed by atoms with Crippen LogP contribution in [0.3, 0.4) is 0 Å². The van der Waals surface area contributed by atoms with Crippen LogP contribution in [0.2, 0.25) is 0 Å². The number of hydrogen-bond acceptors (Lipinski definition) is 2. The smallest absolute Gasteiger partial charge is 0.116 e. The molecule has 2 nitrogen and oxygen atoms in total. The van der Waals surface area contributed by atoms with Crippen LogP contribution in [-0.2, 0) is 12.8 Å². The van der Waals surface area contributed by atoms with Crippen molar-refractivity contribution in [1.82, 2.24) is 0 Å². The van der Waals surface area contributed by atoms with Crippen molar-refractivity contribution in [3.8, 4) is 22.6 Å². The molecule has 0 bridgehead atoms. The second-order valence-electron chi connectivity index (χ2n) is 4.89. The standard InChI is InChI=1S/C16H16O2/c17-13-6-3-5-12(8-13)16-10-14(18)9-11-4-1-2-7-15(11)16/h3,5-6,8-10,17-18H,1-2,4,7H2. The van der Waals surface area contributed by atoms with Crippen LogP contribution < -0.4 is 0 Å². The molecule has 18 heavy (non-hydrogen) atoms. The lowest BCUT2D eigenvalue weighted by Crippen LogP contribution is -2.04. The zero-order chi connectivity index (χ0) is 12.5. The average Bonchev–Trinajstić information content (AvgIpc) is 2.37. The lowest BCUT2D eigenvalue weighted by atomic mass is 9.85. The third-order valence-electron chi connectivity index (χ3n) is 3.61. The molecule has 0 aromatic heterocycles. The highest BCUT2D eigenvalue weighted by atomic mass is 16.3. The lowest BCUT2D eigenvalue weighted by Gasteiger charge is -2.20. The Hall–Kier alpha value is -1.96.